The molecule has 0 N–H and O–H groups in total. The highest BCUT2D eigenvalue weighted by Gasteiger charge is 2.34. The lowest BCUT2D eigenvalue weighted by atomic mass is 9.95. The van der Waals surface area contributed by atoms with Crippen molar-refractivity contribution in [3.63, 3.8) is 0 Å². The van der Waals surface area contributed by atoms with Crippen LogP contribution in [0.5, 0.6) is 34.5 Å². The highest BCUT2D eigenvalue weighted by atomic mass is 32.1. The van der Waals surface area contributed by atoms with Crippen molar-refractivity contribution in [2.24, 2.45) is 4.99 Å². The minimum Gasteiger partial charge on any atom is -0.493 e. The maximum absolute atomic E-state index is 14.1. The number of fused-ring (bicyclic) bond motifs is 2. The number of aromatic nitrogens is 1. The van der Waals surface area contributed by atoms with Crippen LogP contribution in [0.25, 0.3) is 6.08 Å². The number of methoxy groups -OCH3 is 2. The number of thiazole rings is 1. The molecule has 0 saturated carbocycles. The smallest absolute Gasteiger partial charge is 0.338 e. The molecule has 0 spiro atoms. The number of carbonyl (C=O) groups is 1. The van der Waals surface area contributed by atoms with Crippen LogP contribution < -0.4 is 43.3 Å². The van der Waals surface area contributed by atoms with Crippen LogP contribution in [-0.4, -0.2) is 44.3 Å². The summed E-state index contributed by atoms with van der Waals surface area (Å²) in [5.74, 6) is 2.93. The molecule has 48 heavy (non-hydrogen) atoms. The monoisotopic (exact) mass is 672 g/mol. The van der Waals surface area contributed by atoms with Gasteiger partial charge in [-0.2, -0.15) is 0 Å². The van der Waals surface area contributed by atoms with Gasteiger partial charge in [0.25, 0.3) is 5.56 Å². The second kappa shape index (κ2) is 13.9. The lowest BCUT2D eigenvalue weighted by Crippen LogP contribution is -2.40. The van der Waals surface area contributed by atoms with E-state index in [0.29, 0.717) is 61.7 Å². The normalized spacial score (nSPS) is 15.2. The molecule has 3 heterocycles. The SMILES string of the molecule is CCOC(=O)C1=C(C)N=c2s/c(=C\c3ccc(OCc4ccc5c(c4)OCO5)c(OC)c3)c(=O)n2[C@H]1c1ccc(OC(C)C)c(OC)c1. The molecule has 3 aromatic carbocycles. The highest BCUT2D eigenvalue weighted by Crippen LogP contribution is 2.37. The maximum atomic E-state index is 14.1. The van der Waals surface area contributed by atoms with E-state index >= 15 is 0 Å². The predicted molar refractivity (Wildman–Crippen MR) is 179 cm³/mol. The fraction of sp³-hybridized carbons (Fsp3) is 0.306. The third-order valence-corrected chi connectivity index (χ3v) is 8.68. The Morgan fingerprint density at radius 1 is 1.00 bits per heavy atom. The van der Waals surface area contributed by atoms with E-state index < -0.39 is 12.0 Å². The van der Waals surface area contributed by atoms with Gasteiger partial charge in [-0.25, -0.2) is 9.79 Å². The van der Waals surface area contributed by atoms with E-state index in [4.69, 9.17) is 33.2 Å². The second-order valence-corrected chi connectivity index (χ2v) is 12.3. The first-order valence-corrected chi connectivity index (χ1v) is 16.3. The zero-order chi connectivity index (χ0) is 33.9. The number of carbonyl (C=O) groups excluding carboxylic acids is 1. The van der Waals surface area contributed by atoms with Crippen LogP contribution in [0.15, 0.2) is 75.7 Å². The molecule has 6 rings (SSSR count). The summed E-state index contributed by atoms with van der Waals surface area (Å²) in [7, 11) is 3.11. The Kier molecular flexibility index (Phi) is 9.44. The summed E-state index contributed by atoms with van der Waals surface area (Å²) in [6.45, 7) is 8.01. The van der Waals surface area contributed by atoms with Crippen molar-refractivity contribution >= 4 is 23.4 Å². The zero-order valence-corrected chi connectivity index (χ0v) is 28.3. The van der Waals surface area contributed by atoms with E-state index in [2.05, 4.69) is 4.99 Å². The quantitative estimate of drug-likeness (QED) is 0.205. The number of ether oxygens (including phenoxy) is 7. The first-order chi connectivity index (χ1) is 23.2. The Morgan fingerprint density at radius 3 is 2.50 bits per heavy atom. The van der Waals surface area contributed by atoms with Gasteiger partial charge in [0.05, 0.1) is 48.8 Å². The van der Waals surface area contributed by atoms with Gasteiger partial charge in [0, 0.05) is 0 Å². The van der Waals surface area contributed by atoms with Crippen molar-refractivity contribution < 1.29 is 38.0 Å². The second-order valence-electron chi connectivity index (χ2n) is 11.3. The van der Waals surface area contributed by atoms with E-state index in [1.807, 2.05) is 44.2 Å². The van der Waals surface area contributed by atoms with Crippen LogP contribution >= 0.6 is 11.3 Å². The van der Waals surface area contributed by atoms with Gasteiger partial charge in [-0.1, -0.05) is 29.5 Å². The predicted octanol–water partition coefficient (Wildman–Crippen LogP) is 4.91. The molecular formula is C36H36N2O9S. The van der Waals surface area contributed by atoms with Crippen molar-refractivity contribution in [1.82, 2.24) is 4.57 Å². The van der Waals surface area contributed by atoms with Gasteiger partial charge < -0.3 is 33.2 Å². The third-order valence-electron chi connectivity index (χ3n) is 7.70. The van der Waals surface area contributed by atoms with Crippen molar-refractivity contribution in [3.8, 4) is 34.5 Å². The zero-order valence-electron chi connectivity index (χ0n) is 27.5. The average molecular weight is 673 g/mol. The Morgan fingerprint density at radius 2 is 1.75 bits per heavy atom. The molecule has 0 saturated heterocycles. The van der Waals surface area contributed by atoms with Gasteiger partial charge in [-0.05, 0) is 86.9 Å². The first-order valence-electron chi connectivity index (χ1n) is 15.4. The molecular weight excluding hydrogens is 636 g/mol. The van der Waals surface area contributed by atoms with Crippen LogP contribution in [0.1, 0.15) is 50.4 Å². The molecule has 2 aliphatic heterocycles. The van der Waals surface area contributed by atoms with E-state index in [0.717, 1.165) is 11.1 Å². The van der Waals surface area contributed by atoms with Crippen LogP contribution in [0.4, 0.5) is 0 Å². The van der Waals surface area contributed by atoms with Crippen molar-refractivity contribution in [2.45, 2.75) is 46.4 Å². The average Bonchev–Trinajstić information content (AvgIpc) is 3.66. The molecule has 0 unspecified atom stereocenters. The highest BCUT2D eigenvalue weighted by molar-refractivity contribution is 7.07. The summed E-state index contributed by atoms with van der Waals surface area (Å²) >= 11 is 1.23. The van der Waals surface area contributed by atoms with Crippen LogP contribution in [0, 0.1) is 0 Å². The Bertz CT molecular complexity index is 2080. The van der Waals surface area contributed by atoms with E-state index in [1.165, 1.54) is 15.9 Å². The number of hydrogen-bond donors (Lipinski definition) is 0. The maximum Gasteiger partial charge on any atom is 0.338 e. The molecule has 2 aliphatic rings. The third kappa shape index (κ3) is 6.48. The molecule has 250 valence electrons. The number of benzene rings is 3. The summed E-state index contributed by atoms with van der Waals surface area (Å²) < 4.78 is 41.5. The van der Waals surface area contributed by atoms with E-state index in [-0.39, 0.29) is 30.6 Å². The molecule has 0 radical (unpaired) electrons. The van der Waals surface area contributed by atoms with Crippen LogP contribution in [-0.2, 0) is 16.1 Å². The van der Waals surface area contributed by atoms with Gasteiger partial charge in [0.15, 0.2) is 39.3 Å². The van der Waals surface area contributed by atoms with Gasteiger partial charge >= 0.3 is 5.97 Å². The number of rotatable bonds is 11. The van der Waals surface area contributed by atoms with E-state index in [9.17, 15) is 9.59 Å². The topological polar surface area (TPSA) is 116 Å². The number of nitrogens with zero attached hydrogens (tertiary/aromatic N) is 2. The first kappa shape index (κ1) is 32.7. The lowest BCUT2D eigenvalue weighted by molar-refractivity contribution is -0.139. The Balaban J connectivity index is 1.36. The van der Waals surface area contributed by atoms with Gasteiger partial charge in [0.2, 0.25) is 6.79 Å². The molecule has 0 amide bonds. The molecule has 0 bridgehead atoms. The number of hydrogen-bond acceptors (Lipinski definition) is 11. The number of allylic oxidation sites excluding steroid dienone is 1. The number of esters is 1. The van der Waals surface area contributed by atoms with Crippen molar-refractivity contribution in [2.75, 3.05) is 27.6 Å². The van der Waals surface area contributed by atoms with Crippen molar-refractivity contribution in [3.05, 3.63) is 102 Å². The Labute approximate surface area is 281 Å². The molecule has 0 aliphatic carbocycles. The van der Waals surface area contributed by atoms with Crippen molar-refractivity contribution in [1.29, 1.82) is 0 Å². The molecule has 0 fully saturated rings. The fourth-order valence-electron chi connectivity index (χ4n) is 5.55. The standard InChI is InChI=1S/C36H36N2O9S/c1-7-43-35(40)32-21(4)37-36-38(33(32)24-10-13-27(47-20(2)3)29(17-24)42-6)34(39)31(48-36)16-22-8-11-25(28(14-22)41-5)44-18-23-9-12-26-30(15-23)46-19-45-26/h8-17,20,33H,7,18-19H2,1-6H3/b31-16-/t33-/m0/s1. The molecule has 11 nitrogen and oxygen atoms in total. The fourth-order valence-corrected chi connectivity index (χ4v) is 6.60. The largest absolute Gasteiger partial charge is 0.493 e. The van der Waals surface area contributed by atoms with Crippen LogP contribution in [0.2, 0.25) is 0 Å². The van der Waals surface area contributed by atoms with Crippen LogP contribution in [0.3, 0.4) is 0 Å². The van der Waals surface area contributed by atoms with Gasteiger partial charge in [0.1, 0.15) is 6.61 Å². The molecule has 12 heteroatoms. The Hall–Kier alpha value is -5.23. The minimum absolute atomic E-state index is 0.0750. The summed E-state index contributed by atoms with van der Waals surface area (Å²) in [4.78, 5) is 32.6. The summed E-state index contributed by atoms with van der Waals surface area (Å²) in [6.07, 6.45) is 1.70. The van der Waals surface area contributed by atoms with E-state index in [1.54, 1.807) is 58.4 Å². The minimum atomic E-state index is -0.800. The molecule has 1 atom stereocenters. The molecule has 4 aromatic rings. The van der Waals surface area contributed by atoms with Gasteiger partial charge in [-0.15, -0.1) is 0 Å². The molecule has 1 aromatic heterocycles. The summed E-state index contributed by atoms with van der Waals surface area (Å²) in [5, 5.41) is 0. The van der Waals surface area contributed by atoms with Gasteiger partial charge in [-0.3, -0.25) is 9.36 Å². The lowest BCUT2D eigenvalue weighted by Gasteiger charge is -2.25. The summed E-state index contributed by atoms with van der Waals surface area (Å²) in [5.41, 5.74) is 2.74. The summed E-state index contributed by atoms with van der Waals surface area (Å²) in [6, 6.07) is 15.7.